The van der Waals surface area contributed by atoms with Crippen molar-refractivity contribution in [3.63, 3.8) is 0 Å². The number of ether oxygens (including phenoxy) is 1. The molecule has 5 nitrogen and oxygen atoms in total. The number of benzene rings is 3. The van der Waals surface area contributed by atoms with Gasteiger partial charge in [0.1, 0.15) is 0 Å². The Bertz CT molecular complexity index is 1200. The highest BCUT2D eigenvalue weighted by atomic mass is 16.5. The number of carbonyl (C=O) groups excluding carboxylic acids is 2. The fourth-order valence-corrected chi connectivity index (χ4v) is 3.22. The SMILES string of the molecule is CCOC(=O)c1ccc(NC(=O)c2cc(-c3ccccc3)nc3ccccc23)cc1. The van der Waals surface area contributed by atoms with Gasteiger partial charge in [0.25, 0.3) is 5.91 Å². The molecule has 30 heavy (non-hydrogen) atoms. The van der Waals surface area contributed by atoms with Crippen LogP contribution in [0.5, 0.6) is 0 Å². The number of carbonyl (C=O) groups is 2. The molecule has 3 aromatic carbocycles. The normalized spacial score (nSPS) is 10.6. The molecule has 0 radical (unpaired) electrons. The van der Waals surface area contributed by atoms with Crippen molar-refractivity contribution in [3.8, 4) is 11.3 Å². The van der Waals surface area contributed by atoms with Crippen molar-refractivity contribution in [2.24, 2.45) is 0 Å². The number of para-hydroxylation sites is 1. The van der Waals surface area contributed by atoms with Crippen molar-refractivity contribution in [1.82, 2.24) is 4.98 Å². The highest BCUT2D eigenvalue weighted by Gasteiger charge is 2.14. The molecule has 1 heterocycles. The molecular formula is C25H20N2O3. The second-order valence-electron chi connectivity index (χ2n) is 6.69. The van der Waals surface area contributed by atoms with Crippen molar-refractivity contribution in [3.05, 3.63) is 96.1 Å². The maximum absolute atomic E-state index is 13.1. The molecule has 5 heteroatoms. The monoisotopic (exact) mass is 396 g/mol. The lowest BCUT2D eigenvalue weighted by Gasteiger charge is -2.11. The van der Waals surface area contributed by atoms with E-state index >= 15 is 0 Å². The third kappa shape index (κ3) is 4.05. The molecule has 0 fully saturated rings. The van der Waals surface area contributed by atoms with Crippen LogP contribution in [0.15, 0.2) is 84.9 Å². The minimum atomic E-state index is -0.386. The van der Waals surface area contributed by atoms with E-state index in [1.54, 1.807) is 37.3 Å². The van der Waals surface area contributed by atoms with E-state index in [-0.39, 0.29) is 11.9 Å². The average molecular weight is 396 g/mol. The number of nitrogens with zero attached hydrogens (tertiary/aromatic N) is 1. The molecule has 0 aliphatic rings. The van der Waals surface area contributed by atoms with Gasteiger partial charge in [0.2, 0.25) is 0 Å². The summed E-state index contributed by atoms with van der Waals surface area (Å²) in [6.45, 7) is 2.07. The van der Waals surface area contributed by atoms with Crippen LogP contribution in [-0.2, 0) is 4.74 Å². The van der Waals surface area contributed by atoms with E-state index in [0.29, 0.717) is 23.4 Å². The number of hydrogen-bond acceptors (Lipinski definition) is 4. The van der Waals surface area contributed by atoms with E-state index < -0.39 is 0 Å². The van der Waals surface area contributed by atoms with Crippen molar-refractivity contribution in [2.45, 2.75) is 6.92 Å². The Kier molecular flexibility index (Phi) is 5.52. The molecule has 0 bridgehead atoms. The molecule has 0 unspecified atom stereocenters. The van der Waals surface area contributed by atoms with Gasteiger partial charge in [0.15, 0.2) is 0 Å². The number of rotatable bonds is 5. The third-order valence-electron chi connectivity index (χ3n) is 4.68. The largest absolute Gasteiger partial charge is 0.462 e. The summed E-state index contributed by atoms with van der Waals surface area (Å²) in [7, 11) is 0. The summed E-state index contributed by atoms with van der Waals surface area (Å²) in [5, 5.41) is 3.68. The zero-order chi connectivity index (χ0) is 20.9. The molecule has 0 aliphatic carbocycles. The minimum absolute atomic E-state index is 0.241. The first kappa shape index (κ1) is 19.3. The second-order valence-corrected chi connectivity index (χ2v) is 6.69. The van der Waals surface area contributed by atoms with Gasteiger partial charge in [-0.1, -0.05) is 48.5 Å². The van der Waals surface area contributed by atoms with Crippen molar-refractivity contribution in [1.29, 1.82) is 0 Å². The molecule has 148 valence electrons. The Morgan fingerprint density at radius 1 is 0.900 bits per heavy atom. The first-order chi connectivity index (χ1) is 14.7. The van der Waals surface area contributed by atoms with Crippen LogP contribution in [0.1, 0.15) is 27.6 Å². The predicted octanol–water partition coefficient (Wildman–Crippen LogP) is 5.33. The van der Waals surface area contributed by atoms with Crippen molar-refractivity contribution >= 4 is 28.5 Å². The number of fused-ring (bicyclic) bond motifs is 1. The van der Waals surface area contributed by atoms with Crippen molar-refractivity contribution in [2.75, 3.05) is 11.9 Å². The van der Waals surface area contributed by atoms with Crippen LogP contribution in [0.4, 0.5) is 5.69 Å². The number of amides is 1. The van der Waals surface area contributed by atoms with Crippen LogP contribution < -0.4 is 5.32 Å². The average Bonchev–Trinajstić information content (AvgIpc) is 2.79. The van der Waals surface area contributed by atoms with Gasteiger partial charge in [0, 0.05) is 16.6 Å². The molecule has 4 aromatic rings. The summed E-state index contributed by atoms with van der Waals surface area (Å²) in [5.41, 5.74) is 3.99. The second kappa shape index (κ2) is 8.57. The Morgan fingerprint density at radius 2 is 1.60 bits per heavy atom. The Balaban J connectivity index is 1.66. The summed E-state index contributed by atoms with van der Waals surface area (Å²) >= 11 is 0. The maximum atomic E-state index is 13.1. The van der Waals surface area contributed by atoms with Gasteiger partial charge in [0.05, 0.1) is 28.9 Å². The van der Waals surface area contributed by atoms with Crippen LogP contribution in [0.25, 0.3) is 22.2 Å². The molecule has 0 aliphatic heterocycles. The first-order valence-electron chi connectivity index (χ1n) is 9.69. The standard InChI is InChI=1S/C25H20N2O3/c1-2-30-25(29)18-12-14-19(15-13-18)26-24(28)21-16-23(17-8-4-3-5-9-17)27-22-11-7-6-10-20(21)22/h3-16H,2H2,1H3,(H,26,28). The Hall–Kier alpha value is -3.99. The summed E-state index contributed by atoms with van der Waals surface area (Å²) in [6.07, 6.45) is 0. The van der Waals surface area contributed by atoms with Crippen LogP contribution in [0.3, 0.4) is 0 Å². The fraction of sp³-hybridized carbons (Fsp3) is 0.0800. The van der Waals surface area contributed by atoms with Gasteiger partial charge in [-0.05, 0) is 43.3 Å². The summed E-state index contributed by atoms with van der Waals surface area (Å²) in [6, 6.07) is 25.8. The van der Waals surface area contributed by atoms with Crippen LogP contribution >= 0.6 is 0 Å². The molecule has 0 saturated carbocycles. The lowest BCUT2D eigenvalue weighted by molar-refractivity contribution is 0.0526. The van der Waals surface area contributed by atoms with E-state index in [2.05, 4.69) is 5.32 Å². The van der Waals surface area contributed by atoms with Crippen molar-refractivity contribution < 1.29 is 14.3 Å². The highest BCUT2D eigenvalue weighted by molar-refractivity contribution is 6.13. The topological polar surface area (TPSA) is 68.3 Å². The van der Waals surface area contributed by atoms with Crippen LogP contribution in [0.2, 0.25) is 0 Å². The highest BCUT2D eigenvalue weighted by Crippen LogP contribution is 2.25. The van der Waals surface area contributed by atoms with Crippen LogP contribution in [-0.4, -0.2) is 23.5 Å². The van der Waals surface area contributed by atoms with Gasteiger partial charge < -0.3 is 10.1 Å². The summed E-state index contributed by atoms with van der Waals surface area (Å²) in [4.78, 5) is 29.6. The summed E-state index contributed by atoms with van der Waals surface area (Å²) in [5.74, 6) is -0.627. The zero-order valence-electron chi connectivity index (χ0n) is 16.5. The molecule has 0 saturated heterocycles. The predicted molar refractivity (Wildman–Crippen MR) is 118 cm³/mol. The van der Waals surface area contributed by atoms with Gasteiger partial charge in [-0.25, -0.2) is 9.78 Å². The Morgan fingerprint density at radius 3 is 2.33 bits per heavy atom. The Labute approximate surface area is 174 Å². The van der Waals surface area contributed by atoms with E-state index in [1.165, 1.54) is 0 Å². The van der Waals surface area contributed by atoms with E-state index in [9.17, 15) is 9.59 Å². The molecule has 0 spiro atoms. The quantitative estimate of drug-likeness (QED) is 0.463. The fourth-order valence-electron chi connectivity index (χ4n) is 3.22. The van der Waals surface area contributed by atoms with E-state index in [0.717, 1.165) is 22.2 Å². The molecule has 1 aromatic heterocycles. The van der Waals surface area contributed by atoms with Gasteiger partial charge in [-0.2, -0.15) is 0 Å². The number of pyridine rings is 1. The molecular weight excluding hydrogens is 376 g/mol. The summed E-state index contributed by atoms with van der Waals surface area (Å²) < 4.78 is 4.99. The third-order valence-corrected chi connectivity index (χ3v) is 4.68. The number of nitrogens with one attached hydrogen (secondary N) is 1. The smallest absolute Gasteiger partial charge is 0.338 e. The molecule has 0 atom stereocenters. The van der Waals surface area contributed by atoms with Gasteiger partial charge in [-0.15, -0.1) is 0 Å². The number of aromatic nitrogens is 1. The van der Waals surface area contributed by atoms with E-state index in [1.807, 2.05) is 54.6 Å². The lowest BCUT2D eigenvalue weighted by atomic mass is 10.0. The van der Waals surface area contributed by atoms with Crippen LogP contribution in [0, 0.1) is 0 Å². The molecule has 1 N–H and O–H groups in total. The minimum Gasteiger partial charge on any atom is -0.462 e. The number of anilines is 1. The molecule has 4 rings (SSSR count). The maximum Gasteiger partial charge on any atom is 0.338 e. The van der Waals surface area contributed by atoms with E-state index in [4.69, 9.17) is 9.72 Å². The first-order valence-corrected chi connectivity index (χ1v) is 9.69. The number of esters is 1. The molecule has 1 amide bonds. The van der Waals surface area contributed by atoms with Gasteiger partial charge >= 0.3 is 5.97 Å². The lowest BCUT2D eigenvalue weighted by Crippen LogP contribution is -2.13. The van der Waals surface area contributed by atoms with Gasteiger partial charge in [-0.3, -0.25) is 4.79 Å². The zero-order valence-corrected chi connectivity index (χ0v) is 16.5. The number of hydrogen-bond donors (Lipinski definition) is 1.